The molecule has 1 amide bonds. The van der Waals surface area contributed by atoms with Gasteiger partial charge in [-0.3, -0.25) is 14.9 Å². The summed E-state index contributed by atoms with van der Waals surface area (Å²) in [5.74, 6) is 1.09. The van der Waals surface area contributed by atoms with Gasteiger partial charge in [-0.2, -0.15) is 0 Å². The van der Waals surface area contributed by atoms with Gasteiger partial charge in [-0.1, -0.05) is 12.1 Å². The van der Waals surface area contributed by atoms with E-state index in [2.05, 4.69) is 0 Å². The third-order valence-corrected chi connectivity index (χ3v) is 3.97. The van der Waals surface area contributed by atoms with Gasteiger partial charge >= 0.3 is 0 Å². The van der Waals surface area contributed by atoms with Gasteiger partial charge in [0.2, 0.25) is 5.91 Å². The fourth-order valence-corrected chi connectivity index (χ4v) is 2.79. The zero-order chi connectivity index (χ0) is 14.4. The Morgan fingerprint density at radius 3 is 2.85 bits per heavy atom. The van der Waals surface area contributed by atoms with Gasteiger partial charge in [-0.15, -0.1) is 11.8 Å². The quantitative estimate of drug-likeness (QED) is 0.610. The van der Waals surface area contributed by atoms with Crippen LogP contribution in [0.15, 0.2) is 24.3 Å². The molecule has 0 N–H and O–H groups in total. The molecule has 1 heterocycles. The standard InChI is InChI=1S/C13H16N2O4S/c16-13(14-4-6-19-7-5-14)10-20-9-11-2-1-3-12(8-11)15(17)18/h1-3,8H,4-7,9-10H2. The van der Waals surface area contributed by atoms with Crippen LogP contribution in [0.2, 0.25) is 0 Å². The number of hydrogen-bond donors (Lipinski definition) is 0. The number of nitro groups is 1. The average Bonchev–Trinajstić information content (AvgIpc) is 2.48. The second kappa shape index (κ2) is 7.25. The third kappa shape index (κ3) is 4.21. The molecule has 108 valence electrons. The molecule has 6 nitrogen and oxygen atoms in total. The van der Waals surface area contributed by atoms with Crippen LogP contribution >= 0.6 is 11.8 Å². The third-order valence-electron chi connectivity index (χ3n) is 2.98. The zero-order valence-corrected chi connectivity index (χ0v) is 11.8. The normalized spacial score (nSPS) is 15.1. The van der Waals surface area contributed by atoms with Crippen molar-refractivity contribution < 1.29 is 14.5 Å². The summed E-state index contributed by atoms with van der Waals surface area (Å²) in [6.07, 6.45) is 0. The van der Waals surface area contributed by atoms with Crippen LogP contribution in [0.3, 0.4) is 0 Å². The van der Waals surface area contributed by atoms with Crippen molar-refractivity contribution in [3.63, 3.8) is 0 Å². The summed E-state index contributed by atoms with van der Waals surface area (Å²) in [5.41, 5.74) is 0.946. The number of ether oxygens (including phenoxy) is 1. The number of nitro benzene ring substituents is 1. The number of morpholine rings is 1. The lowest BCUT2D eigenvalue weighted by molar-refractivity contribution is -0.384. The summed E-state index contributed by atoms with van der Waals surface area (Å²) < 4.78 is 5.19. The number of carbonyl (C=O) groups excluding carboxylic acids is 1. The summed E-state index contributed by atoms with van der Waals surface area (Å²) in [7, 11) is 0. The molecule has 20 heavy (non-hydrogen) atoms. The SMILES string of the molecule is O=C(CSCc1cccc([N+](=O)[O-])c1)N1CCOCC1. The van der Waals surface area contributed by atoms with Crippen molar-refractivity contribution in [3.05, 3.63) is 39.9 Å². The lowest BCUT2D eigenvalue weighted by Crippen LogP contribution is -2.41. The Labute approximate surface area is 121 Å². The molecule has 0 saturated carbocycles. The maximum absolute atomic E-state index is 11.9. The highest BCUT2D eigenvalue weighted by Crippen LogP contribution is 2.18. The summed E-state index contributed by atoms with van der Waals surface area (Å²) in [6, 6.07) is 6.51. The maximum Gasteiger partial charge on any atom is 0.269 e. The number of nitrogens with zero attached hydrogens (tertiary/aromatic N) is 2. The van der Waals surface area contributed by atoms with Gasteiger partial charge < -0.3 is 9.64 Å². The first kappa shape index (κ1) is 14.8. The Kier molecular flexibility index (Phi) is 5.37. The number of thioether (sulfide) groups is 1. The molecule has 0 atom stereocenters. The van der Waals surface area contributed by atoms with E-state index < -0.39 is 4.92 Å². The highest BCUT2D eigenvalue weighted by atomic mass is 32.2. The molecule has 0 unspecified atom stereocenters. The summed E-state index contributed by atoms with van der Waals surface area (Å²) in [5, 5.41) is 10.7. The molecular formula is C13H16N2O4S. The second-order valence-corrected chi connectivity index (χ2v) is 5.40. The van der Waals surface area contributed by atoms with Crippen molar-refractivity contribution >= 4 is 23.4 Å². The molecule has 2 rings (SSSR count). The predicted octanol–water partition coefficient (Wildman–Crippen LogP) is 1.69. The molecule has 0 bridgehead atoms. The van der Waals surface area contributed by atoms with E-state index >= 15 is 0 Å². The van der Waals surface area contributed by atoms with Gasteiger partial charge in [0.15, 0.2) is 0 Å². The minimum Gasteiger partial charge on any atom is -0.378 e. The van der Waals surface area contributed by atoms with Crippen LogP contribution in [0.1, 0.15) is 5.56 Å². The van der Waals surface area contributed by atoms with Gasteiger partial charge in [-0.05, 0) is 5.56 Å². The fourth-order valence-electron chi connectivity index (χ4n) is 1.92. The van der Waals surface area contributed by atoms with Crippen LogP contribution in [0.5, 0.6) is 0 Å². The predicted molar refractivity (Wildman–Crippen MR) is 76.7 cm³/mol. The molecule has 0 aliphatic carbocycles. The number of amides is 1. The van der Waals surface area contributed by atoms with Crippen molar-refractivity contribution in [2.45, 2.75) is 5.75 Å². The Morgan fingerprint density at radius 2 is 2.15 bits per heavy atom. The molecule has 0 spiro atoms. The van der Waals surface area contributed by atoms with Crippen molar-refractivity contribution in [3.8, 4) is 0 Å². The fraction of sp³-hybridized carbons (Fsp3) is 0.462. The Bertz CT molecular complexity index is 489. The molecular weight excluding hydrogens is 280 g/mol. The molecule has 1 aliphatic heterocycles. The van der Waals surface area contributed by atoms with Crippen LogP contribution < -0.4 is 0 Å². The van der Waals surface area contributed by atoms with E-state index in [9.17, 15) is 14.9 Å². The molecule has 1 aromatic rings. The monoisotopic (exact) mass is 296 g/mol. The Balaban J connectivity index is 1.79. The van der Waals surface area contributed by atoms with Crippen LogP contribution in [0.25, 0.3) is 0 Å². The van der Waals surface area contributed by atoms with Crippen LogP contribution in [0, 0.1) is 10.1 Å². The molecule has 7 heteroatoms. The molecule has 0 radical (unpaired) electrons. The lowest BCUT2D eigenvalue weighted by atomic mass is 10.2. The van der Waals surface area contributed by atoms with E-state index in [1.54, 1.807) is 17.0 Å². The minimum absolute atomic E-state index is 0.0857. The van der Waals surface area contributed by atoms with Crippen LogP contribution in [0.4, 0.5) is 5.69 Å². The van der Waals surface area contributed by atoms with E-state index in [-0.39, 0.29) is 11.6 Å². The highest BCUT2D eigenvalue weighted by Gasteiger charge is 2.16. The first-order valence-electron chi connectivity index (χ1n) is 6.33. The number of benzene rings is 1. The minimum atomic E-state index is -0.410. The van der Waals surface area contributed by atoms with E-state index in [0.29, 0.717) is 37.8 Å². The van der Waals surface area contributed by atoms with E-state index in [0.717, 1.165) is 5.56 Å². The van der Waals surface area contributed by atoms with Gasteiger partial charge in [0.05, 0.1) is 23.9 Å². The Morgan fingerprint density at radius 1 is 1.40 bits per heavy atom. The van der Waals surface area contributed by atoms with Crippen molar-refractivity contribution in [2.75, 3.05) is 32.1 Å². The smallest absolute Gasteiger partial charge is 0.269 e. The van der Waals surface area contributed by atoms with Gasteiger partial charge in [0.1, 0.15) is 0 Å². The van der Waals surface area contributed by atoms with Crippen LogP contribution in [-0.4, -0.2) is 47.8 Å². The summed E-state index contributed by atoms with van der Waals surface area (Å²) in [4.78, 5) is 24.0. The lowest BCUT2D eigenvalue weighted by Gasteiger charge is -2.26. The number of rotatable bonds is 5. The van der Waals surface area contributed by atoms with E-state index in [1.807, 2.05) is 6.07 Å². The van der Waals surface area contributed by atoms with Gasteiger partial charge in [0.25, 0.3) is 5.69 Å². The molecule has 1 fully saturated rings. The molecule has 1 aromatic carbocycles. The summed E-state index contributed by atoms with van der Waals surface area (Å²) in [6.45, 7) is 2.50. The van der Waals surface area contributed by atoms with Crippen molar-refractivity contribution in [1.82, 2.24) is 4.90 Å². The highest BCUT2D eigenvalue weighted by molar-refractivity contribution is 7.99. The second-order valence-electron chi connectivity index (χ2n) is 4.41. The number of carbonyl (C=O) groups is 1. The number of hydrogen-bond acceptors (Lipinski definition) is 5. The van der Waals surface area contributed by atoms with Gasteiger partial charge in [0, 0.05) is 31.0 Å². The summed E-state index contributed by atoms with van der Waals surface area (Å²) >= 11 is 1.47. The molecule has 1 aliphatic rings. The van der Waals surface area contributed by atoms with Crippen molar-refractivity contribution in [1.29, 1.82) is 0 Å². The van der Waals surface area contributed by atoms with E-state index in [1.165, 1.54) is 17.8 Å². The molecule has 1 saturated heterocycles. The number of non-ortho nitro benzene ring substituents is 1. The largest absolute Gasteiger partial charge is 0.378 e. The first-order chi connectivity index (χ1) is 9.66. The van der Waals surface area contributed by atoms with Gasteiger partial charge in [-0.25, -0.2) is 0 Å². The maximum atomic E-state index is 11.9. The molecule has 0 aromatic heterocycles. The first-order valence-corrected chi connectivity index (χ1v) is 7.49. The average molecular weight is 296 g/mol. The topological polar surface area (TPSA) is 72.7 Å². The zero-order valence-electron chi connectivity index (χ0n) is 11.0. The Hall–Kier alpha value is -1.60. The van der Waals surface area contributed by atoms with Crippen molar-refractivity contribution in [2.24, 2.45) is 0 Å². The van der Waals surface area contributed by atoms with Crippen LogP contribution in [-0.2, 0) is 15.3 Å². The van der Waals surface area contributed by atoms with E-state index in [4.69, 9.17) is 4.74 Å².